The van der Waals surface area contributed by atoms with Crippen LogP contribution in [-0.2, 0) is 4.79 Å². The molecule has 28 heavy (non-hydrogen) atoms. The van der Waals surface area contributed by atoms with E-state index in [-0.39, 0.29) is 5.41 Å². The first-order valence-corrected chi connectivity index (χ1v) is 12.3. The summed E-state index contributed by atoms with van der Waals surface area (Å²) in [4.78, 5) is 15.1. The monoisotopic (exact) mass is 387 g/mol. The lowest BCUT2D eigenvalue weighted by molar-refractivity contribution is -0.157. The molecule has 5 fully saturated rings. The van der Waals surface area contributed by atoms with Gasteiger partial charge in [-0.2, -0.15) is 0 Å². The van der Waals surface area contributed by atoms with Crippen LogP contribution in [0.3, 0.4) is 0 Å². The first-order chi connectivity index (χ1) is 13.3. The van der Waals surface area contributed by atoms with E-state index in [1.165, 1.54) is 58.0 Å². The molecule has 5 rings (SSSR count). The molecular weight excluding hydrogens is 346 g/mol. The van der Waals surface area contributed by atoms with Crippen molar-refractivity contribution in [1.29, 1.82) is 0 Å². The van der Waals surface area contributed by atoms with E-state index in [4.69, 9.17) is 0 Å². The van der Waals surface area contributed by atoms with Gasteiger partial charge in [-0.15, -0.1) is 0 Å². The molecule has 1 saturated heterocycles. The summed E-state index contributed by atoms with van der Waals surface area (Å²) in [6.45, 7) is 8.12. The zero-order chi connectivity index (χ0) is 19.6. The van der Waals surface area contributed by atoms with E-state index in [1.807, 2.05) is 0 Å². The summed E-state index contributed by atoms with van der Waals surface area (Å²) in [5.74, 6) is 3.43. The van der Waals surface area contributed by atoms with Crippen molar-refractivity contribution in [3.05, 3.63) is 0 Å². The van der Waals surface area contributed by atoms with Crippen LogP contribution in [0.5, 0.6) is 0 Å². The number of hydrogen-bond acceptors (Lipinski definition) is 3. The molecule has 1 aliphatic heterocycles. The Balaban J connectivity index is 1.31. The molecule has 0 aromatic carbocycles. The molecule has 0 radical (unpaired) electrons. The summed E-state index contributed by atoms with van der Waals surface area (Å²) in [7, 11) is 0. The zero-order valence-corrected chi connectivity index (χ0v) is 18.2. The van der Waals surface area contributed by atoms with Crippen molar-refractivity contribution in [3.8, 4) is 0 Å². The fourth-order valence-corrected chi connectivity index (χ4v) is 8.77. The smallest absolute Gasteiger partial charge is 0.139 e. The van der Waals surface area contributed by atoms with Gasteiger partial charge in [-0.25, -0.2) is 0 Å². The maximum Gasteiger partial charge on any atom is 0.139 e. The number of carbonyl (C=O) groups excluding carboxylic acids is 1. The first-order valence-electron chi connectivity index (χ1n) is 12.3. The van der Waals surface area contributed by atoms with Gasteiger partial charge in [0.2, 0.25) is 0 Å². The van der Waals surface area contributed by atoms with Crippen molar-refractivity contribution in [3.63, 3.8) is 0 Å². The molecule has 4 saturated carbocycles. The van der Waals surface area contributed by atoms with Crippen LogP contribution in [-0.4, -0.2) is 41.0 Å². The Morgan fingerprint density at radius 1 is 0.964 bits per heavy atom. The highest BCUT2D eigenvalue weighted by Crippen LogP contribution is 2.66. The van der Waals surface area contributed by atoms with Gasteiger partial charge in [-0.1, -0.05) is 20.3 Å². The number of hydrogen-bond donors (Lipinski definition) is 1. The SMILES string of the molecule is C[C@]12CCC(O)(CN3CCCCC3)CC1CC[C@@H]1[C@H]2CC[C@]2(C)C(=O)CC[C@@H]12. The Hall–Kier alpha value is -0.410. The minimum absolute atomic E-state index is 0.00592. The highest BCUT2D eigenvalue weighted by atomic mass is 16.3. The summed E-state index contributed by atoms with van der Waals surface area (Å²) in [6, 6.07) is 0. The van der Waals surface area contributed by atoms with Crippen LogP contribution in [0.1, 0.15) is 90.9 Å². The lowest BCUT2D eigenvalue weighted by atomic mass is 9.44. The lowest BCUT2D eigenvalue weighted by Crippen LogP contribution is -2.58. The number of likely N-dealkylation sites (tertiary alicyclic amines) is 1. The maximum absolute atomic E-state index is 12.6. The largest absolute Gasteiger partial charge is 0.389 e. The molecule has 2 unspecified atom stereocenters. The van der Waals surface area contributed by atoms with E-state index in [0.29, 0.717) is 23.0 Å². The maximum atomic E-state index is 12.6. The Bertz CT molecular complexity index is 628. The first kappa shape index (κ1) is 19.5. The summed E-state index contributed by atoms with van der Waals surface area (Å²) >= 11 is 0. The molecule has 0 spiro atoms. The fraction of sp³-hybridized carbons (Fsp3) is 0.960. The van der Waals surface area contributed by atoms with E-state index in [2.05, 4.69) is 18.7 Å². The molecule has 1 N–H and O–H groups in total. The Labute approximate surface area is 171 Å². The van der Waals surface area contributed by atoms with Crippen LogP contribution >= 0.6 is 0 Å². The molecule has 0 aromatic heterocycles. The summed E-state index contributed by atoms with van der Waals surface area (Å²) in [5.41, 5.74) is -0.0705. The van der Waals surface area contributed by atoms with Crippen molar-refractivity contribution < 1.29 is 9.90 Å². The van der Waals surface area contributed by atoms with Crippen LogP contribution in [0.4, 0.5) is 0 Å². The predicted molar refractivity (Wildman–Crippen MR) is 112 cm³/mol. The Morgan fingerprint density at radius 3 is 2.54 bits per heavy atom. The van der Waals surface area contributed by atoms with Gasteiger partial charge in [0.05, 0.1) is 5.60 Å². The van der Waals surface area contributed by atoms with Gasteiger partial charge in [0.15, 0.2) is 0 Å². The normalized spacial score (nSPS) is 52.0. The summed E-state index contributed by atoms with van der Waals surface area (Å²) in [5, 5.41) is 11.5. The zero-order valence-electron chi connectivity index (χ0n) is 18.2. The topological polar surface area (TPSA) is 40.5 Å². The second kappa shape index (κ2) is 6.80. The number of β-amino-alcohol motifs (C(OH)–C–C–N with tert-alkyl or cyclic N) is 1. The molecule has 4 aliphatic carbocycles. The average Bonchev–Trinajstić information content (AvgIpc) is 2.98. The number of rotatable bonds is 2. The van der Waals surface area contributed by atoms with Gasteiger partial charge < -0.3 is 10.0 Å². The van der Waals surface area contributed by atoms with Crippen molar-refractivity contribution in [2.45, 2.75) is 96.5 Å². The molecule has 5 aliphatic rings. The number of nitrogens with zero attached hydrogens (tertiary/aromatic N) is 1. The molecule has 3 nitrogen and oxygen atoms in total. The minimum atomic E-state index is -0.457. The number of piperidine rings is 1. The van der Waals surface area contributed by atoms with Crippen LogP contribution in [0.15, 0.2) is 0 Å². The molecule has 0 bridgehead atoms. The number of Topliss-reactive ketones (excluding diaryl/α,β-unsaturated/α-hetero) is 1. The number of fused-ring (bicyclic) bond motifs is 5. The number of carbonyl (C=O) groups is 1. The van der Waals surface area contributed by atoms with Crippen molar-refractivity contribution in [1.82, 2.24) is 4.90 Å². The van der Waals surface area contributed by atoms with Crippen molar-refractivity contribution in [2.24, 2.45) is 34.5 Å². The van der Waals surface area contributed by atoms with Gasteiger partial charge in [0.1, 0.15) is 5.78 Å². The third-order valence-corrected chi connectivity index (χ3v) is 10.5. The van der Waals surface area contributed by atoms with E-state index in [9.17, 15) is 9.90 Å². The van der Waals surface area contributed by atoms with Crippen LogP contribution in [0.25, 0.3) is 0 Å². The van der Waals surface area contributed by atoms with Crippen LogP contribution in [0, 0.1) is 34.5 Å². The second-order valence-corrected chi connectivity index (χ2v) is 11.8. The van der Waals surface area contributed by atoms with Gasteiger partial charge in [-0.05, 0) is 106 Å². The lowest BCUT2D eigenvalue weighted by Gasteiger charge is -2.61. The van der Waals surface area contributed by atoms with Gasteiger partial charge in [0.25, 0.3) is 0 Å². The Morgan fingerprint density at radius 2 is 1.75 bits per heavy atom. The third-order valence-electron chi connectivity index (χ3n) is 10.5. The molecule has 158 valence electrons. The summed E-state index contributed by atoms with van der Waals surface area (Å²) in [6.07, 6.45) is 14.1. The van der Waals surface area contributed by atoms with Gasteiger partial charge >= 0.3 is 0 Å². The molecule has 1 heterocycles. The number of aliphatic hydroxyl groups is 1. The Kier molecular flexibility index (Phi) is 4.75. The van der Waals surface area contributed by atoms with Crippen molar-refractivity contribution in [2.75, 3.05) is 19.6 Å². The molecule has 0 amide bonds. The number of ketones is 1. The molecule has 3 heteroatoms. The van der Waals surface area contributed by atoms with E-state index < -0.39 is 5.60 Å². The average molecular weight is 388 g/mol. The van der Waals surface area contributed by atoms with Crippen molar-refractivity contribution >= 4 is 5.78 Å². The van der Waals surface area contributed by atoms with Crippen LogP contribution in [0.2, 0.25) is 0 Å². The van der Waals surface area contributed by atoms with E-state index in [0.717, 1.165) is 50.5 Å². The quantitative estimate of drug-likeness (QED) is 0.739. The van der Waals surface area contributed by atoms with Gasteiger partial charge in [-0.3, -0.25) is 4.79 Å². The third kappa shape index (κ3) is 2.94. The van der Waals surface area contributed by atoms with Gasteiger partial charge in [0, 0.05) is 18.4 Å². The highest BCUT2D eigenvalue weighted by molar-refractivity contribution is 5.87. The minimum Gasteiger partial charge on any atom is -0.389 e. The van der Waals surface area contributed by atoms with E-state index in [1.54, 1.807) is 0 Å². The standard InChI is InChI=1S/C25H41NO2/c1-23-12-13-25(28,17-26-14-4-3-5-15-26)16-18(23)6-7-19-20-8-9-22(27)24(20,2)11-10-21(19)23/h18-21,28H,3-17H2,1-2H3/t18?,19-,20-,21+,23-,24-,25?/m0/s1. The van der Waals surface area contributed by atoms with Crippen LogP contribution < -0.4 is 0 Å². The molecule has 0 aromatic rings. The fourth-order valence-electron chi connectivity index (χ4n) is 8.77. The molecule has 7 atom stereocenters. The van der Waals surface area contributed by atoms with E-state index >= 15 is 0 Å². The molecular formula is C25H41NO2. The second-order valence-electron chi connectivity index (χ2n) is 11.8. The summed E-state index contributed by atoms with van der Waals surface area (Å²) < 4.78 is 0. The highest BCUT2D eigenvalue weighted by Gasteiger charge is 2.61. The predicted octanol–water partition coefficient (Wildman–Crippen LogP) is 4.82.